The maximum absolute atomic E-state index is 11.0. The van der Waals surface area contributed by atoms with Gasteiger partial charge in [-0.25, -0.2) is 4.79 Å². The summed E-state index contributed by atoms with van der Waals surface area (Å²) in [5.74, 6) is -1.25. The minimum Gasteiger partial charge on any atom is -0.478 e. The molecule has 0 aliphatic rings. The van der Waals surface area contributed by atoms with Gasteiger partial charge in [0.05, 0.1) is 5.56 Å². The van der Waals surface area contributed by atoms with Crippen LogP contribution in [0.2, 0.25) is 0 Å². The van der Waals surface area contributed by atoms with Crippen molar-refractivity contribution in [3.63, 3.8) is 0 Å². The van der Waals surface area contributed by atoms with Crippen LogP contribution in [0.5, 0.6) is 0 Å². The molecule has 5 heteroatoms. The summed E-state index contributed by atoms with van der Waals surface area (Å²) in [7, 11) is 0. The van der Waals surface area contributed by atoms with E-state index in [-0.39, 0.29) is 23.8 Å². The molecule has 0 aliphatic carbocycles. The van der Waals surface area contributed by atoms with E-state index in [1.807, 2.05) is 0 Å². The number of aryl methyl sites for hydroxylation is 1. The molecule has 1 aromatic rings. The SMILES string of the molecule is CC(=O)c1cc(C(=O)O)cnc1C.Cl. The number of carbonyl (C=O) groups excluding carboxylic acids is 1. The number of carboxylic acids is 1. The van der Waals surface area contributed by atoms with Crippen LogP contribution in [0.4, 0.5) is 0 Å². The van der Waals surface area contributed by atoms with Crippen molar-refractivity contribution in [1.82, 2.24) is 4.98 Å². The highest BCUT2D eigenvalue weighted by molar-refractivity contribution is 5.97. The first kappa shape index (κ1) is 12.6. The Hall–Kier alpha value is -1.42. The van der Waals surface area contributed by atoms with Gasteiger partial charge in [0.25, 0.3) is 0 Å². The number of rotatable bonds is 2. The van der Waals surface area contributed by atoms with Crippen molar-refractivity contribution >= 4 is 24.2 Å². The van der Waals surface area contributed by atoms with Crippen molar-refractivity contribution in [3.05, 3.63) is 29.1 Å². The van der Waals surface area contributed by atoms with Crippen molar-refractivity contribution in [2.24, 2.45) is 0 Å². The number of ketones is 1. The van der Waals surface area contributed by atoms with Crippen molar-refractivity contribution in [1.29, 1.82) is 0 Å². The number of hydrogen-bond donors (Lipinski definition) is 1. The monoisotopic (exact) mass is 215 g/mol. The van der Waals surface area contributed by atoms with Gasteiger partial charge in [-0.05, 0) is 19.9 Å². The summed E-state index contributed by atoms with van der Waals surface area (Å²) in [5, 5.41) is 8.63. The molecule has 1 heterocycles. The minimum absolute atomic E-state index is 0. The average molecular weight is 216 g/mol. The van der Waals surface area contributed by atoms with Gasteiger partial charge < -0.3 is 5.11 Å². The topological polar surface area (TPSA) is 67.3 Å². The molecule has 1 N–H and O–H groups in total. The van der Waals surface area contributed by atoms with E-state index in [1.54, 1.807) is 6.92 Å². The Bertz CT molecular complexity index is 376. The normalized spacial score (nSPS) is 9.00. The van der Waals surface area contributed by atoms with E-state index in [0.29, 0.717) is 11.3 Å². The number of aromatic carboxylic acids is 1. The Morgan fingerprint density at radius 2 is 2.00 bits per heavy atom. The molecule has 0 bridgehead atoms. The summed E-state index contributed by atoms with van der Waals surface area (Å²) in [6.07, 6.45) is 1.24. The molecule has 0 radical (unpaired) electrons. The smallest absolute Gasteiger partial charge is 0.337 e. The lowest BCUT2D eigenvalue weighted by atomic mass is 10.1. The van der Waals surface area contributed by atoms with Gasteiger partial charge in [0.2, 0.25) is 0 Å². The van der Waals surface area contributed by atoms with E-state index in [0.717, 1.165) is 0 Å². The van der Waals surface area contributed by atoms with E-state index in [4.69, 9.17) is 5.11 Å². The first-order valence-corrected chi connectivity index (χ1v) is 3.73. The molecule has 0 atom stereocenters. The summed E-state index contributed by atoms with van der Waals surface area (Å²) < 4.78 is 0. The van der Waals surface area contributed by atoms with Gasteiger partial charge in [0, 0.05) is 17.5 Å². The quantitative estimate of drug-likeness (QED) is 0.763. The molecule has 1 rings (SSSR count). The lowest BCUT2D eigenvalue weighted by Gasteiger charge is -2.01. The molecule has 0 saturated carbocycles. The maximum atomic E-state index is 11.0. The largest absolute Gasteiger partial charge is 0.478 e. The number of Topliss-reactive ketones (excluding diaryl/α,β-unsaturated/α-hetero) is 1. The van der Waals surface area contributed by atoms with Crippen LogP contribution < -0.4 is 0 Å². The maximum Gasteiger partial charge on any atom is 0.337 e. The Labute approximate surface area is 87.4 Å². The Morgan fingerprint density at radius 1 is 1.43 bits per heavy atom. The minimum atomic E-state index is -1.07. The van der Waals surface area contributed by atoms with Crippen LogP contribution in [-0.4, -0.2) is 21.8 Å². The summed E-state index contributed by atoms with van der Waals surface area (Å²) in [5.41, 5.74) is 0.952. The van der Waals surface area contributed by atoms with Gasteiger partial charge in [-0.1, -0.05) is 0 Å². The fraction of sp³-hybridized carbons (Fsp3) is 0.222. The van der Waals surface area contributed by atoms with Crippen LogP contribution >= 0.6 is 12.4 Å². The Kier molecular flexibility index (Phi) is 4.24. The lowest BCUT2D eigenvalue weighted by molar-refractivity contribution is 0.0696. The standard InChI is InChI=1S/C9H9NO3.ClH/c1-5-8(6(2)11)3-7(4-10-5)9(12)13;/h3-4H,1-2H3,(H,12,13);1H. The summed E-state index contributed by atoms with van der Waals surface area (Å²) in [6, 6.07) is 1.34. The number of nitrogens with zero attached hydrogens (tertiary/aromatic N) is 1. The van der Waals surface area contributed by atoms with Crippen LogP contribution in [0.3, 0.4) is 0 Å². The predicted molar refractivity (Wildman–Crippen MR) is 53.2 cm³/mol. The van der Waals surface area contributed by atoms with Gasteiger partial charge in [-0.3, -0.25) is 9.78 Å². The zero-order chi connectivity index (χ0) is 10.0. The second kappa shape index (κ2) is 4.72. The first-order chi connectivity index (χ1) is 6.02. The molecule has 0 unspecified atom stereocenters. The second-order valence-electron chi connectivity index (χ2n) is 2.72. The zero-order valence-corrected chi connectivity index (χ0v) is 8.59. The summed E-state index contributed by atoms with van der Waals surface area (Å²) in [4.78, 5) is 25.4. The number of aromatic nitrogens is 1. The van der Waals surface area contributed by atoms with Crippen LogP contribution in [0.25, 0.3) is 0 Å². The molecule has 76 valence electrons. The van der Waals surface area contributed by atoms with Gasteiger partial charge in [-0.15, -0.1) is 12.4 Å². The zero-order valence-electron chi connectivity index (χ0n) is 7.77. The van der Waals surface area contributed by atoms with Crippen LogP contribution in [-0.2, 0) is 0 Å². The van der Waals surface area contributed by atoms with E-state index in [1.165, 1.54) is 19.2 Å². The molecule has 0 amide bonds. The van der Waals surface area contributed by atoms with E-state index < -0.39 is 5.97 Å². The highest BCUT2D eigenvalue weighted by Crippen LogP contribution is 2.08. The van der Waals surface area contributed by atoms with Crippen molar-refractivity contribution in [3.8, 4) is 0 Å². The first-order valence-electron chi connectivity index (χ1n) is 3.73. The fourth-order valence-electron chi connectivity index (χ4n) is 1.01. The van der Waals surface area contributed by atoms with Crippen molar-refractivity contribution in [2.45, 2.75) is 13.8 Å². The van der Waals surface area contributed by atoms with Crippen molar-refractivity contribution in [2.75, 3.05) is 0 Å². The molecular formula is C9H10ClNO3. The third-order valence-corrected chi connectivity index (χ3v) is 1.71. The average Bonchev–Trinajstić information content (AvgIpc) is 2.04. The summed E-state index contributed by atoms with van der Waals surface area (Å²) in [6.45, 7) is 3.05. The van der Waals surface area contributed by atoms with Gasteiger partial charge in [0.15, 0.2) is 5.78 Å². The van der Waals surface area contributed by atoms with E-state index >= 15 is 0 Å². The third kappa shape index (κ3) is 2.53. The number of carbonyl (C=O) groups is 2. The highest BCUT2D eigenvalue weighted by atomic mass is 35.5. The number of carboxylic acid groups (broad SMARTS) is 1. The second-order valence-corrected chi connectivity index (χ2v) is 2.72. The Balaban J connectivity index is 0.00000169. The van der Waals surface area contributed by atoms with Crippen molar-refractivity contribution < 1.29 is 14.7 Å². The van der Waals surface area contributed by atoms with Crippen LogP contribution in [0.1, 0.15) is 33.3 Å². The molecular weight excluding hydrogens is 206 g/mol. The van der Waals surface area contributed by atoms with Gasteiger partial charge in [0.1, 0.15) is 0 Å². The highest BCUT2D eigenvalue weighted by Gasteiger charge is 2.09. The molecule has 14 heavy (non-hydrogen) atoms. The van der Waals surface area contributed by atoms with E-state index in [2.05, 4.69) is 4.98 Å². The summed E-state index contributed by atoms with van der Waals surface area (Å²) >= 11 is 0. The molecule has 0 spiro atoms. The van der Waals surface area contributed by atoms with Gasteiger partial charge in [-0.2, -0.15) is 0 Å². The van der Waals surface area contributed by atoms with Crippen LogP contribution in [0, 0.1) is 6.92 Å². The molecule has 0 saturated heterocycles. The Morgan fingerprint density at radius 3 is 2.43 bits per heavy atom. The molecule has 0 aromatic carbocycles. The molecule has 4 nitrogen and oxygen atoms in total. The van der Waals surface area contributed by atoms with Gasteiger partial charge >= 0.3 is 5.97 Å². The number of pyridine rings is 1. The fourth-order valence-corrected chi connectivity index (χ4v) is 1.01. The van der Waals surface area contributed by atoms with E-state index in [9.17, 15) is 9.59 Å². The number of halogens is 1. The third-order valence-electron chi connectivity index (χ3n) is 1.71. The molecule has 0 fully saturated rings. The number of hydrogen-bond acceptors (Lipinski definition) is 3. The van der Waals surface area contributed by atoms with Crippen LogP contribution in [0.15, 0.2) is 12.3 Å². The predicted octanol–water partition coefficient (Wildman–Crippen LogP) is 1.71. The lowest BCUT2D eigenvalue weighted by Crippen LogP contribution is -2.04. The molecule has 1 aromatic heterocycles. The molecule has 0 aliphatic heterocycles.